The third kappa shape index (κ3) is 2.17. The molecule has 0 bridgehead atoms. The van der Waals surface area contributed by atoms with Gasteiger partial charge in [-0.3, -0.25) is 0 Å². The molecule has 0 aliphatic carbocycles. The van der Waals surface area contributed by atoms with Gasteiger partial charge >= 0.3 is 0 Å². The molecule has 0 atom stereocenters. The predicted octanol–water partition coefficient (Wildman–Crippen LogP) is 3.48. The van der Waals surface area contributed by atoms with Crippen molar-refractivity contribution in [3.05, 3.63) is 60.2 Å². The van der Waals surface area contributed by atoms with Crippen LogP contribution in [0.5, 0.6) is 0 Å². The van der Waals surface area contributed by atoms with E-state index in [1.165, 1.54) is 0 Å². The van der Waals surface area contributed by atoms with E-state index in [4.69, 9.17) is 10.5 Å². The van der Waals surface area contributed by atoms with Crippen LogP contribution < -0.4 is 0 Å². The standard InChI is InChI=1S/C15H10N2/c16-10-13(11-17)15-9-5-4-8-14(15)12-6-2-1-3-7-12/h1-9,13H. The van der Waals surface area contributed by atoms with E-state index < -0.39 is 5.92 Å². The summed E-state index contributed by atoms with van der Waals surface area (Å²) in [6.07, 6.45) is 0. The minimum absolute atomic E-state index is 0.716. The number of nitriles is 2. The number of hydrogen-bond acceptors (Lipinski definition) is 2. The zero-order chi connectivity index (χ0) is 12.1. The summed E-state index contributed by atoms with van der Waals surface area (Å²) in [6, 6.07) is 21.4. The van der Waals surface area contributed by atoms with Crippen molar-refractivity contribution in [3.63, 3.8) is 0 Å². The Balaban J connectivity index is 2.57. The van der Waals surface area contributed by atoms with E-state index in [1.54, 1.807) is 0 Å². The maximum absolute atomic E-state index is 8.98. The van der Waals surface area contributed by atoms with Gasteiger partial charge < -0.3 is 0 Å². The normalized spacial score (nSPS) is 9.59. The Labute approximate surface area is 100 Å². The molecule has 0 saturated carbocycles. The molecule has 2 aromatic carbocycles. The average Bonchev–Trinajstić information content (AvgIpc) is 2.42. The zero-order valence-electron chi connectivity index (χ0n) is 9.17. The van der Waals surface area contributed by atoms with Gasteiger partial charge in [0, 0.05) is 0 Å². The summed E-state index contributed by atoms with van der Waals surface area (Å²) < 4.78 is 0. The van der Waals surface area contributed by atoms with Gasteiger partial charge in [0.15, 0.2) is 5.92 Å². The molecule has 0 heterocycles. The number of benzene rings is 2. The van der Waals surface area contributed by atoms with E-state index in [-0.39, 0.29) is 0 Å². The molecule has 80 valence electrons. The highest BCUT2D eigenvalue weighted by molar-refractivity contribution is 5.69. The van der Waals surface area contributed by atoms with Crippen molar-refractivity contribution < 1.29 is 0 Å². The zero-order valence-corrected chi connectivity index (χ0v) is 9.17. The van der Waals surface area contributed by atoms with Crippen LogP contribution in [-0.2, 0) is 0 Å². The van der Waals surface area contributed by atoms with Gasteiger partial charge in [0.25, 0.3) is 0 Å². The van der Waals surface area contributed by atoms with Crippen LogP contribution in [-0.4, -0.2) is 0 Å². The second-order valence-corrected chi connectivity index (χ2v) is 3.64. The molecular formula is C15H10N2. The molecule has 0 saturated heterocycles. The summed E-state index contributed by atoms with van der Waals surface area (Å²) in [5.41, 5.74) is 2.74. The van der Waals surface area contributed by atoms with Gasteiger partial charge in [0.2, 0.25) is 0 Å². The molecule has 0 spiro atoms. The molecule has 0 aliphatic heterocycles. The molecule has 0 N–H and O–H groups in total. The van der Waals surface area contributed by atoms with Gasteiger partial charge in [-0.25, -0.2) is 0 Å². The van der Waals surface area contributed by atoms with Crippen LogP contribution in [0.3, 0.4) is 0 Å². The minimum Gasteiger partial charge on any atom is -0.196 e. The van der Waals surface area contributed by atoms with Gasteiger partial charge in [-0.2, -0.15) is 10.5 Å². The Morgan fingerprint density at radius 2 is 1.35 bits per heavy atom. The first-order valence-electron chi connectivity index (χ1n) is 5.30. The molecular weight excluding hydrogens is 208 g/mol. The summed E-state index contributed by atoms with van der Waals surface area (Å²) in [6.45, 7) is 0. The largest absolute Gasteiger partial charge is 0.196 e. The summed E-state index contributed by atoms with van der Waals surface area (Å²) in [4.78, 5) is 0. The van der Waals surface area contributed by atoms with Crippen LogP contribution >= 0.6 is 0 Å². The molecule has 0 aromatic heterocycles. The van der Waals surface area contributed by atoms with E-state index in [9.17, 15) is 0 Å². The van der Waals surface area contributed by atoms with Gasteiger partial charge in [-0.1, -0.05) is 54.6 Å². The number of hydrogen-bond donors (Lipinski definition) is 0. The SMILES string of the molecule is N#CC(C#N)c1ccccc1-c1ccccc1. The summed E-state index contributed by atoms with van der Waals surface area (Å²) in [5, 5.41) is 18.0. The number of nitrogens with zero attached hydrogens (tertiary/aromatic N) is 2. The molecule has 2 rings (SSSR count). The van der Waals surface area contributed by atoms with Gasteiger partial charge in [-0.15, -0.1) is 0 Å². The molecule has 2 aromatic rings. The first-order valence-corrected chi connectivity index (χ1v) is 5.30. The van der Waals surface area contributed by atoms with Crippen molar-refractivity contribution in [1.82, 2.24) is 0 Å². The van der Waals surface area contributed by atoms with E-state index in [0.717, 1.165) is 16.7 Å². The lowest BCUT2D eigenvalue weighted by Gasteiger charge is -2.09. The van der Waals surface area contributed by atoms with Crippen LogP contribution in [0.25, 0.3) is 11.1 Å². The van der Waals surface area contributed by atoms with Crippen LogP contribution in [0, 0.1) is 22.7 Å². The van der Waals surface area contributed by atoms with Crippen molar-refractivity contribution in [2.45, 2.75) is 5.92 Å². The maximum Gasteiger partial charge on any atom is 0.158 e. The summed E-state index contributed by atoms with van der Waals surface area (Å²) >= 11 is 0. The van der Waals surface area contributed by atoms with Crippen LogP contribution in [0.1, 0.15) is 11.5 Å². The first kappa shape index (κ1) is 10.9. The number of rotatable bonds is 2. The van der Waals surface area contributed by atoms with Gasteiger partial charge in [0.1, 0.15) is 0 Å². The van der Waals surface area contributed by atoms with Crippen molar-refractivity contribution in [2.75, 3.05) is 0 Å². The third-order valence-electron chi connectivity index (χ3n) is 2.61. The fraction of sp³-hybridized carbons (Fsp3) is 0.0667. The van der Waals surface area contributed by atoms with Crippen molar-refractivity contribution >= 4 is 0 Å². The lowest BCUT2D eigenvalue weighted by Crippen LogP contribution is -1.95. The highest BCUT2D eigenvalue weighted by Gasteiger charge is 2.13. The van der Waals surface area contributed by atoms with Gasteiger partial charge in [0.05, 0.1) is 12.1 Å². The summed E-state index contributed by atoms with van der Waals surface area (Å²) in [5.74, 6) is -0.716. The molecule has 0 aliphatic rings. The Morgan fingerprint density at radius 3 is 2.00 bits per heavy atom. The Hall–Kier alpha value is -2.58. The quantitative estimate of drug-likeness (QED) is 0.774. The van der Waals surface area contributed by atoms with E-state index in [0.29, 0.717) is 0 Å². The van der Waals surface area contributed by atoms with E-state index in [2.05, 4.69) is 0 Å². The molecule has 0 unspecified atom stereocenters. The van der Waals surface area contributed by atoms with Crippen LogP contribution in [0.15, 0.2) is 54.6 Å². The van der Waals surface area contributed by atoms with Crippen LogP contribution in [0.4, 0.5) is 0 Å². The van der Waals surface area contributed by atoms with Crippen LogP contribution in [0.2, 0.25) is 0 Å². The second-order valence-electron chi connectivity index (χ2n) is 3.64. The van der Waals surface area contributed by atoms with E-state index in [1.807, 2.05) is 66.7 Å². The lowest BCUT2D eigenvalue weighted by atomic mass is 9.92. The lowest BCUT2D eigenvalue weighted by molar-refractivity contribution is 1.10. The maximum atomic E-state index is 8.98. The predicted molar refractivity (Wildman–Crippen MR) is 65.8 cm³/mol. The average molecular weight is 218 g/mol. The smallest absolute Gasteiger partial charge is 0.158 e. The van der Waals surface area contributed by atoms with E-state index >= 15 is 0 Å². The van der Waals surface area contributed by atoms with Gasteiger partial charge in [-0.05, 0) is 16.7 Å². The summed E-state index contributed by atoms with van der Waals surface area (Å²) in [7, 11) is 0. The highest BCUT2D eigenvalue weighted by atomic mass is 14.3. The third-order valence-corrected chi connectivity index (χ3v) is 2.61. The van der Waals surface area contributed by atoms with Crippen molar-refractivity contribution in [3.8, 4) is 23.3 Å². The molecule has 2 heteroatoms. The minimum atomic E-state index is -0.716. The molecule has 0 amide bonds. The first-order chi connectivity index (χ1) is 8.36. The topological polar surface area (TPSA) is 47.6 Å². The fourth-order valence-electron chi connectivity index (χ4n) is 1.80. The Morgan fingerprint density at radius 1 is 0.765 bits per heavy atom. The molecule has 0 radical (unpaired) electrons. The Kier molecular flexibility index (Phi) is 3.19. The highest BCUT2D eigenvalue weighted by Crippen LogP contribution is 2.28. The van der Waals surface area contributed by atoms with Crippen molar-refractivity contribution in [2.24, 2.45) is 0 Å². The molecule has 0 fully saturated rings. The van der Waals surface area contributed by atoms with Crippen molar-refractivity contribution in [1.29, 1.82) is 10.5 Å². The monoisotopic (exact) mass is 218 g/mol. The Bertz CT molecular complexity index is 574. The fourth-order valence-corrected chi connectivity index (χ4v) is 1.80. The molecule has 17 heavy (non-hydrogen) atoms. The second kappa shape index (κ2) is 4.96. The molecule has 2 nitrogen and oxygen atoms in total.